The summed E-state index contributed by atoms with van der Waals surface area (Å²) in [5.74, 6) is 0.410. The number of nitrogens with one attached hydrogen (secondary N) is 2. The number of hydrogen-bond acceptors (Lipinski definition) is 5. The van der Waals surface area contributed by atoms with Crippen molar-refractivity contribution >= 4 is 17.2 Å². The van der Waals surface area contributed by atoms with Gasteiger partial charge in [0, 0.05) is 11.6 Å². The number of rotatable bonds is 5. The number of H-pyrrole nitrogens is 1. The highest BCUT2D eigenvalue weighted by Crippen LogP contribution is 2.23. The number of aromatic amines is 1. The molecule has 2 N–H and O–H groups in total. The molecular weight excluding hydrogens is 336 g/mol. The fourth-order valence-electron chi connectivity index (χ4n) is 2.39. The van der Waals surface area contributed by atoms with Crippen LogP contribution in [0.4, 0.5) is 0 Å². The average molecular weight is 350 g/mol. The van der Waals surface area contributed by atoms with Gasteiger partial charge in [-0.2, -0.15) is 5.10 Å². The molecule has 6 nitrogen and oxygen atoms in total. The smallest absolute Gasteiger partial charge is 0.272 e. The van der Waals surface area contributed by atoms with Gasteiger partial charge in [-0.05, 0) is 17.5 Å². The molecule has 4 rings (SSSR count). The van der Waals surface area contributed by atoms with Gasteiger partial charge in [-0.15, -0.1) is 11.3 Å². The normalized spacial score (nSPS) is 10.7. The highest BCUT2D eigenvalue weighted by atomic mass is 32.1. The zero-order chi connectivity index (χ0) is 17.1. The van der Waals surface area contributed by atoms with Gasteiger partial charge in [0.15, 0.2) is 11.5 Å². The van der Waals surface area contributed by atoms with Crippen molar-refractivity contribution in [2.45, 2.75) is 6.54 Å². The molecule has 0 radical (unpaired) electrons. The van der Waals surface area contributed by atoms with Crippen LogP contribution in [0.15, 0.2) is 64.5 Å². The topological polar surface area (TPSA) is 83.8 Å². The van der Waals surface area contributed by atoms with Crippen molar-refractivity contribution in [1.29, 1.82) is 0 Å². The molecule has 0 unspecified atom stereocenters. The zero-order valence-electron chi connectivity index (χ0n) is 13.1. The SMILES string of the molecule is O=C(NCc1cc(-c2ccccc2)on1)c1cc(-c2cccs2)[nH]n1. The zero-order valence-corrected chi connectivity index (χ0v) is 13.9. The second kappa shape index (κ2) is 6.74. The van der Waals surface area contributed by atoms with E-state index in [0.717, 1.165) is 16.1 Å². The van der Waals surface area contributed by atoms with Crippen LogP contribution in [0.3, 0.4) is 0 Å². The van der Waals surface area contributed by atoms with Gasteiger partial charge in [0.25, 0.3) is 5.91 Å². The molecule has 0 spiro atoms. The molecule has 4 aromatic rings. The third-order valence-corrected chi connectivity index (χ3v) is 4.55. The van der Waals surface area contributed by atoms with Crippen LogP contribution in [-0.4, -0.2) is 21.3 Å². The van der Waals surface area contributed by atoms with Gasteiger partial charge in [-0.1, -0.05) is 41.6 Å². The molecule has 3 aromatic heterocycles. The summed E-state index contributed by atoms with van der Waals surface area (Å²) in [5.41, 5.74) is 2.77. The van der Waals surface area contributed by atoms with Crippen LogP contribution in [0, 0.1) is 0 Å². The summed E-state index contributed by atoms with van der Waals surface area (Å²) < 4.78 is 5.32. The van der Waals surface area contributed by atoms with E-state index in [9.17, 15) is 4.79 Å². The van der Waals surface area contributed by atoms with E-state index < -0.39 is 0 Å². The summed E-state index contributed by atoms with van der Waals surface area (Å²) in [6.45, 7) is 0.274. The maximum Gasteiger partial charge on any atom is 0.272 e. The lowest BCUT2D eigenvalue weighted by atomic mass is 10.2. The largest absolute Gasteiger partial charge is 0.356 e. The molecule has 0 atom stereocenters. The minimum Gasteiger partial charge on any atom is -0.356 e. The Bertz CT molecular complexity index is 974. The summed E-state index contributed by atoms with van der Waals surface area (Å²) >= 11 is 1.59. The number of hydrogen-bond donors (Lipinski definition) is 2. The predicted molar refractivity (Wildman–Crippen MR) is 95.0 cm³/mol. The molecule has 0 fully saturated rings. The number of amides is 1. The van der Waals surface area contributed by atoms with Crippen LogP contribution < -0.4 is 5.32 Å². The molecule has 0 saturated carbocycles. The van der Waals surface area contributed by atoms with Crippen LogP contribution in [0.5, 0.6) is 0 Å². The highest BCUT2D eigenvalue weighted by molar-refractivity contribution is 7.13. The number of benzene rings is 1. The van der Waals surface area contributed by atoms with Crippen molar-refractivity contribution < 1.29 is 9.32 Å². The van der Waals surface area contributed by atoms with Crippen molar-refractivity contribution in [3.05, 3.63) is 71.4 Å². The molecule has 3 heterocycles. The van der Waals surface area contributed by atoms with Crippen LogP contribution in [0.1, 0.15) is 16.2 Å². The average Bonchev–Trinajstić information content (AvgIpc) is 3.41. The Morgan fingerprint density at radius 2 is 2.04 bits per heavy atom. The summed E-state index contributed by atoms with van der Waals surface area (Å²) in [6.07, 6.45) is 0. The lowest BCUT2D eigenvalue weighted by Gasteiger charge is -1.98. The second-order valence-corrected chi connectivity index (χ2v) is 6.32. The Morgan fingerprint density at radius 3 is 2.84 bits per heavy atom. The predicted octanol–water partition coefficient (Wildman–Crippen LogP) is 3.72. The number of aromatic nitrogens is 3. The first-order valence-electron chi connectivity index (χ1n) is 7.68. The fraction of sp³-hybridized carbons (Fsp3) is 0.0556. The Balaban J connectivity index is 1.40. The number of thiophene rings is 1. The van der Waals surface area contributed by atoms with Crippen LogP contribution >= 0.6 is 11.3 Å². The van der Waals surface area contributed by atoms with Gasteiger partial charge >= 0.3 is 0 Å². The lowest BCUT2D eigenvalue weighted by molar-refractivity contribution is 0.0945. The molecule has 0 saturated heterocycles. The Morgan fingerprint density at radius 1 is 1.16 bits per heavy atom. The molecule has 0 aliphatic carbocycles. The Kier molecular flexibility index (Phi) is 4.14. The van der Waals surface area contributed by atoms with Crippen molar-refractivity contribution in [3.8, 4) is 21.9 Å². The molecule has 7 heteroatoms. The quantitative estimate of drug-likeness (QED) is 0.574. The van der Waals surface area contributed by atoms with Crippen molar-refractivity contribution in [3.63, 3.8) is 0 Å². The highest BCUT2D eigenvalue weighted by Gasteiger charge is 2.13. The first-order valence-corrected chi connectivity index (χ1v) is 8.56. The molecule has 1 amide bonds. The van der Waals surface area contributed by atoms with Gasteiger partial charge < -0.3 is 9.84 Å². The number of nitrogens with zero attached hydrogens (tertiary/aromatic N) is 2. The molecule has 0 bridgehead atoms. The first-order chi connectivity index (χ1) is 12.3. The maximum atomic E-state index is 12.2. The molecule has 1 aromatic carbocycles. The van der Waals surface area contributed by atoms with Crippen LogP contribution in [0.2, 0.25) is 0 Å². The van der Waals surface area contributed by atoms with Gasteiger partial charge in [0.05, 0.1) is 17.1 Å². The van der Waals surface area contributed by atoms with Gasteiger partial charge in [0.1, 0.15) is 5.69 Å². The molecule has 0 aliphatic rings. The third kappa shape index (κ3) is 3.36. The van der Waals surface area contributed by atoms with E-state index in [4.69, 9.17) is 4.52 Å². The fourth-order valence-corrected chi connectivity index (χ4v) is 3.08. The standard InChI is InChI=1S/C18H14N4O2S/c23-18(15-10-14(20-21-15)17-7-4-8-25-17)19-11-13-9-16(24-22-13)12-5-2-1-3-6-12/h1-10H,11H2,(H,19,23)(H,20,21). The number of carbonyl (C=O) groups excluding carboxylic acids is 1. The minimum absolute atomic E-state index is 0.261. The van der Waals surface area contributed by atoms with Gasteiger partial charge in [-0.25, -0.2) is 0 Å². The van der Waals surface area contributed by atoms with Gasteiger partial charge in [-0.3, -0.25) is 9.89 Å². The summed E-state index contributed by atoms with van der Waals surface area (Å²) in [7, 11) is 0. The van der Waals surface area contributed by atoms with Gasteiger partial charge in [0.2, 0.25) is 0 Å². The van der Waals surface area contributed by atoms with E-state index in [2.05, 4.69) is 20.7 Å². The maximum absolute atomic E-state index is 12.2. The van der Waals surface area contributed by atoms with E-state index in [0.29, 0.717) is 17.1 Å². The molecular formula is C18H14N4O2S. The van der Waals surface area contributed by atoms with E-state index in [1.165, 1.54) is 0 Å². The minimum atomic E-state index is -0.261. The van der Waals surface area contributed by atoms with Crippen LogP contribution in [-0.2, 0) is 6.54 Å². The van der Waals surface area contributed by atoms with Crippen molar-refractivity contribution in [2.75, 3.05) is 0 Å². The Labute approximate surface area is 147 Å². The number of carbonyl (C=O) groups is 1. The summed E-state index contributed by atoms with van der Waals surface area (Å²) in [6, 6.07) is 17.2. The third-order valence-electron chi connectivity index (χ3n) is 3.64. The van der Waals surface area contributed by atoms with Crippen molar-refractivity contribution in [1.82, 2.24) is 20.7 Å². The first kappa shape index (κ1) is 15.3. The van der Waals surface area contributed by atoms with E-state index >= 15 is 0 Å². The van der Waals surface area contributed by atoms with E-state index in [-0.39, 0.29) is 12.5 Å². The lowest BCUT2D eigenvalue weighted by Crippen LogP contribution is -2.23. The Hall–Kier alpha value is -3.19. The molecule has 124 valence electrons. The molecule has 0 aliphatic heterocycles. The summed E-state index contributed by atoms with van der Waals surface area (Å²) in [4.78, 5) is 13.3. The van der Waals surface area contributed by atoms with Crippen LogP contribution in [0.25, 0.3) is 21.9 Å². The van der Waals surface area contributed by atoms with Crippen molar-refractivity contribution in [2.24, 2.45) is 0 Å². The summed E-state index contributed by atoms with van der Waals surface area (Å²) in [5, 5.41) is 15.7. The monoisotopic (exact) mass is 350 g/mol. The second-order valence-electron chi connectivity index (χ2n) is 5.38. The van der Waals surface area contributed by atoms with E-state index in [1.54, 1.807) is 17.4 Å². The van der Waals surface area contributed by atoms with E-state index in [1.807, 2.05) is 53.9 Å². The molecule has 25 heavy (non-hydrogen) atoms.